The number of thioether (sulfide) groups is 1. The quantitative estimate of drug-likeness (QED) is 0.548. The number of nitrogens with one attached hydrogen (secondary N) is 2. The van der Waals surface area contributed by atoms with E-state index in [9.17, 15) is 4.79 Å². The molecular formula is C17H18N4O2S. The minimum absolute atomic E-state index is 0.00600. The van der Waals surface area contributed by atoms with Gasteiger partial charge in [0.05, 0.1) is 5.25 Å². The van der Waals surface area contributed by atoms with Gasteiger partial charge in [0.15, 0.2) is 11.6 Å². The Morgan fingerprint density at radius 3 is 3.12 bits per heavy atom. The Kier molecular flexibility index (Phi) is 4.12. The van der Waals surface area contributed by atoms with Gasteiger partial charge in [-0.05, 0) is 25.8 Å². The first-order valence-corrected chi connectivity index (χ1v) is 8.91. The van der Waals surface area contributed by atoms with Crippen LogP contribution in [0, 0.1) is 0 Å². The second-order valence-corrected chi connectivity index (χ2v) is 7.19. The normalized spacial score (nSPS) is 19.0. The molecule has 2 aromatic heterocycles. The third-order valence-corrected chi connectivity index (χ3v) is 5.18. The lowest BCUT2D eigenvalue weighted by molar-refractivity contribution is 0.0995. The van der Waals surface area contributed by atoms with Crippen LogP contribution in [0.3, 0.4) is 0 Å². The Labute approximate surface area is 143 Å². The van der Waals surface area contributed by atoms with E-state index < -0.39 is 0 Å². The van der Waals surface area contributed by atoms with Crippen molar-refractivity contribution in [3.8, 4) is 0 Å². The van der Waals surface area contributed by atoms with Gasteiger partial charge in [0, 0.05) is 29.3 Å². The maximum absolute atomic E-state index is 12.8. The van der Waals surface area contributed by atoms with E-state index in [0.29, 0.717) is 10.7 Å². The van der Waals surface area contributed by atoms with Crippen LogP contribution >= 0.6 is 11.8 Å². The third-order valence-electron chi connectivity index (χ3n) is 4.22. The van der Waals surface area contributed by atoms with E-state index >= 15 is 0 Å². The fraction of sp³-hybridized carbons (Fsp3) is 0.353. The summed E-state index contributed by atoms with van der Waals surface area (Å²) in [5, 5.41) is 8.41. The summed E-state index contributed by atoms with van der Waals surface area (Å²) in [6.45, 7) is 2.65. The average Bonchev–Trinajstić information content (AvgIpc) is 3.33. The van der Waals surface area contributed by atoms with Crippen molar-refractivity contribution in [1.29, 1.82) is 0 Å². The van der Waals surface area contributed by atoms with E-state index in [2.05, 4.69) is 20.2 Å². The van der Waals surface area contributed by atoms with Crippen LogP contribution in [-0.4, -0.2) is 37.8 Å². The molecule has 0 aliphatic carbocycles. The van der Waals surface area contributed by atoms with Crippen molar-refractivity contribution >= 4 is 28.4 Å². The van der Waals surface area contributed by atoms with E-state index in [4.69, 9.17) is 4.74 Å². The maximum atomic E-state index is 12.8. The molecule has 124 valence electrons. The standard InChI is InChI=1S/C17H18N4O2S/c1-10(15(22)12-9-18-13-6-3-2-5-11(12)13)24-17-19-16(20-21-17)14-7-4-8-23-14/h2-3,5-6,9-10,14,18H,4,7-8H2,1H3,(H,19,20,21)/t10-,14+/m1/s1. The zero-order valence-corrected chi connectivity index (χ0v) is 14.1. The SMILES string of the molecule is C[C@@H](Sc1n[nH]c([C@@H]2CCCO2)n1)C(=O)c1c[nH]c2ccccc12. The third kappa shape index (κ3) is 2.85. The van der Waals surface area contributed by atoms with Crippen LogP contribution in [0.1, 0.15) is 42.1 Å². The lowest BCUT2D eigenvalue weighted by Gasteiger charge is -2.07. The summed E-state index contributed by atoms with van der Waals surface area (Å²) in [5.74, 6) is 0.822. The number of ether oxygens (including phenoxy) is 1. The zero-order chi connectivity index (χ0) is 16.5. The minimum atomic E-state index is -0.266. The highest BCUT2D eigenvalue weighted by atomic mass is 32.2. The number of hydrogen-bond donors (Lipinski definition) is 2. The number of fused-ring (bicyclic) bond motifs is 1. The molecule has 4 rings (SSSR count). The summed E-state index contributed by atoms with van der Waals surface area (Å²) < 4.78 is 5.60. The molecule has 0 amide bonds. The van der Waals surface area contributed by atoms with Gasteiger partial charge in [0.25, 0.3) is 0 Å². The Morgan fingerprint density at radius 2 is 2.29 bits per heavy atom. The molecule has 3 heterocycles. The molecule has 6 nitrogen and oxygen atoms in total. The van der Waals surface area contributed by atoms with Crippen molar-refractivity contribution in [2.45, 2.75) is 36.3 Å². The van der Waals surface area contributed by atoms with Crippen molar-refractivity contribution in [2.24, 2.45) is 0 Å². The predicted molar refractivity (Wildman–Crippen MR) is 92.3 cm³/mol. The lowest BCUT2D eigenvalue weighted by atomic mass is 10.1. The Bertz CT molecular complexity index is 866. The number of aromatic amines is 2. The van der Waals surface area contributed by atoms with Crippen molar-refractivity contribution in [2.75, 3.05) is 6.61 Å². The van der Waals surface area contributed by atoms with E-state index in [-0.39, 0.29) is 17.1 Å². The van der Waals surface area contributed by atoms with Gasteiger partial charge in [-0.1, -0.05) is 30.0 Å². The summed E-state index contributed by atoms with van der Waals surface area (Å²) in [5.41, 5.74) is 1.68. The van der Waals surface area contributed by atoms with Crippen molar-refractivity contribution < 1.29 is 9.53 Å². The first kappa shape index (κ1) is 15.4. The fourth-order valence-corrected chi connectivity index (χ4v) is 3.75. The number of para-hydroxylation sites is 1. The number of H-pyrrole nitrogens is 2. The van der Waals surface area contributed by atoms with Gasteiger partial charge in [0.1, 0.15) is 6.10 Å². The topological polar surface area (TPSA) is 83.7 Å². The van der Waals surface area contributed by atoms with Crippen LogP contribution < -0.4 is 0 Å². The molecule has 0 bridgehead atoms. The Morgan fingerprint density at radius 1 is 1.42 bits per heavy atom. The number of Topliss-reactive ketones (excluding diaryl/α,β-unsaturated/α-hetero) is 1. The van der Waals surface area contributed by atoms with E-state index in [1.807, 2.05) is 31.2 Å². The fourth-order valence-electron chi connectivity index (χ4n) is 2.95. The van der Waals surface area contributed by atoms with Crippen molar-refractivity contribution in [3.63, 3.8) is 0 Å². The zero-order valence-electron chi connectivity index (χ0n) is 13.3. The van der Waals surface area contributed by atoms with Gasteiger partial charge in [-0.2, -0.15) is 0 Å². The maximum Gasteiger partial charge on any atom is 0.209 e. The van der Waals surface area contributed by atoms with Crippen molar-refractivity contribution in [1.82, 2.24) is 20.2 Å². The highest BCUT2D eigenvalue weighted by molar-refractivity contribution is 8.00. The Hall–Kier alpha value is -2.12. The summed E-state index contributed by atoms with van der Waals surface area (Å²) >= 11 is 1.37. The molecule has 1 fully saturated rings. The summed E-state index contributed by atoms with van der Waals surface area (Å²) in [6, 6.07) is 7.81. The monoisotopic (exact) mass is 342 g/mol. The second kappa shape index (κ2) is 6.41. The van der Waals surface area contributed by atoms with Crippen LogP contribution in [-0.2, 0) is 4.74 Å². The smallest absolute Gasteiger partial charge is 0.209 e. The molecule has 3 aromatic rings. The molecule has 1 saturated heterocycles. The molecule has 7 heteroatoms. The number of nitrogens with zero attached hydrogens (tertiary/aromatic N) is 2. The van der Waals surface area contributed by atoms with Crippen molar-refractivity contribution in [3.05, 3.63) is 41.9 Å². The Balaban J connectivity index is 1.49. The number of carbonyl (C=O) groups excluding carboxylic acids is 1. The van der Waals surface area contributed by atoms with Gasteiger partial charge in [0.2, 0.25) is 5.16 Å². The molecule has 24 heavy (non-hydrogen) atoms. The van der Waals surface area contributed by atoms with E-state index in [1.54, 1.807) is 6.20 Å². The molecule has 0 radical (unpaired) electrons. The molecule has 1 aromatic carbocycles. The van der Waals surface area contributed by atoms with Crippen LogP contribution in [0.5, 0.6) is 0 Å². The number of benzene rings is 1. The van der Waals surface area contributed by atoms with Crippen LogP contribution in [0.4, 0.5) is 0 Å². The van der Waals surface area contributed by atoms with Crippen LogP contribution in [0.2, 0.25) is 0 Å². The number of aromatic nitrogens is 4. The molecule has 2 N–H and O–H groups in total. The number of rotatable bonds is 5. The average molecular weight is 342 g/mol. The highest BCUT2D eigenvalue weighted by Gasteiger charge is 2.24. The predicted octanol–water partition coefficient (Wildman–Crippen LogP) is 3.50. The van der Waals surface area contributed by atoms with Gasteiger partial charge < -0.3 is 9.72 Å². The second-order valence-electron chi connectivity index (χ2n) is 5.88. The van der Waals surface area contributed by atoms with E-state index in [1.165, 1.54) is 11.8 Å². The van der Waals surface area contributed by atoms with Gasteiger partial charge in [-0.25, -0.2) is 4.98 Å². The highest BCUT2D eigenvalue weighted by Crippen LogP contribution is 2.29. The lowest BCUT2D eigenvalue weighted by Crippen LogP contribution is -2.13. The summed E-state index contributed by atoms with van der Waals surface area (Å²) in [4.78, 5) is 20.4. The number of carbonyl (C=O) groups is 1. The number of ketones is 1. The van der Waals surface area contributed by atoms with Crippen LogP contribution in [0.15, 0.2) is 35.6 Å². The summed E-state index contributed by atoms with van der Waals surface area (Å²) in [7, 11) is 0. The van der Waals surface area contributed by atoms with Gasteiger partial charge >= 0.3 is 0 Å². The molecule has 1 aliphatic heterocycles. The number of hydrogen-bond acceptors (Lipinski definition) is 5. The molecule has 1 aliphatic rings. The molecule has 0 spiro atoms. The minimum Gasteiger partial charge on any atom is -0.370 e. The summed E-state index contributed by atoms with van der Waals surface area (Å²) in [6.07, 6.45) is 3.79. The largest absolute Gasteiger partial charge is 0.370 e. The molecule has 0 unspecified atom stereocenters. The first-order valence-electron chi connectivity index (χ1n) is 8.03. The molecular weight excluding hydrogens is 324 g/mol. The molecule has 2 atom stereocenters. The van der Waals surface area contributed by atoms with E-state index in [0.717, 1.165) is 36.2 Å². The van der Waals surface area contributed by atoms with Gasteiger partial charge in [-0.3, -0.25) is 9.89 Å². The first-order chi connectivity index (χ1) is 11.7. The van der Waals surface area contributed by atoms with Gasteiger partial charge in [-0.15, -0.1) is 5.10 Å². The van der Waals surface area contributed by atoms with Crippen LogP contribution in [0.25, 0.3) is 10.9 Å². The molecule has 0 saturated carbocycles.